The molecule has 0 aliphatic carbocycles. The summed E-state index contributed by atoms with van der Waals surface area (Å²) in [5, 5.41) is 0. The average molecular weight is 410 g/mol. The SMILES string of the molecule is COC(=O)c1ccc2c(c1)oc(=O)n2C(C)C(=O)c1ccc2c(c1)N(C)C(=O)CO2. The number of benzene rings is 2. The van der Waals surface area contributed by atoms with Crippen molar-refractivity contribution in [3.63, 3.8) is 0 Å². The van der Waals surface area contributed by atoms with E-state index in [0.717, 1.165) is 0 Å². The number of amides is 1. The molecule has 1 amide bonds. The van der Waals surface area contributed by atoms with Crippen LogP contribution in [0.25, 0.3) is 11.1 Å². The van der Waals surface area contributed by atoms with E-state index in [1.807, 2.05) is 0 Å². The third kappa shape index (κ3) is 3.04. The van der Waals surface area contributed by atoms with Crippen LogP contribution in [-0.4, -0.2) is 43.0 Å². The maximum atomic E-state index is 13.1. The molecule has 0 radical (unpaired) electrons. The van der Waals surface area contributed by atoms with Gasteiger partial charge in [0.15, 0.2) is 18.0 Å². The molecule has 1 unspecified atom stereocenters. The molecule has 2 heterocycles. The lowest BCUT2D eigenvalue weighted by Crippen LogP contribution is -2.35. The van der Waals surface area contributed by atoms with Crippen molar-refractivity contribution in [2.24, 2.45) is 0 Å². The van der Waals surface area contributed by atoms with Crippen LogP contribution in [0.15, 0.2) is 45.6 Å². The second-order valence-corrected chi connectivity index (χ2v) is 6.88. The summed E-state index contributed by atoms with van der Waals surface area (Å²) in [7, 11) is 2.86. The molecule has 0 spiro atoms. The van der Waals surface area contributed by atoms with Gasteiger partial charge in [-0.3, -0.25) is 14.2 Å². The molecule has 9 heteroatoms. The summed E-state index contributed by atoms with van der Waals surface area (Å²) >= 11 is 0. The van der Waals surface area contributed by atoms with Gasteiger partial charge in [0.1, 0.15) is 11.8 Å². The Morgan fingerprint density at radius 1 is 1.10 bits per heavy atom. The Morgan fingerprint density at radius 2 is 1.83 bits per heavy atom. The minimum atomic E-state index is -0.883. The fraction of sp³-hybridized carbons (Fsp3) is 0.238. The molecular formula is C21H18N2O7. The van der Waals surface area contributed by atoms with Gasteiger partial charge in [0.05, 0.1) is 23.9 Å². The molecule has 3 aromatic rings. The molecule has 0 N–H and O–H groups in total. The number of hydrogen-bond acceptors (Lipinski definition) is 7. The second-order valence-electron chi connectivity index (χ2n) is 6.88. The van der Waals surface area contributed by atoms with Crippen molar-refractivity contribution in [3.8, 4) is 5.75 Å². The standard InChI is InChI=1S/C21H18N2O7/c1-11(19(25)12-5-7-16-15(8-12)22(2)18(24)10-29-16)23-14-6-4-13(20(26)28-3)9-17(14)30-21(23)27/h4-9,11H,10H2,1-3H3. The van der Waals surface area contributed by atoms with Crippen molar-refractivity contribution in [3.05, 3.63) is 58.1 Å². The van der Waals surface area contributed by atoms with Crippen LogP contribution in [0.2, 0.25) is 0 Å². The molecule has 154 valence electrons. The van der Waals surface area contributed by atoms with E-state index >= 15 is 0 Å². The lowest BCUT2D eigenvalue weighted by Gasteiger charge is -2.26. The van der Waals surface area contributed by atoms with Gasteiger partial charge in [-0.25, -0.2) is 9.59 Å². The minimum Gasteiger partial charge on any atom is -0.482 e. The summed E-state index contributed by atoms with van der Waals surface area (Å²) in [6.45, 7) is 1.52. The van der Waals surface area contributed by atoms with E-state index < -0.39 is 17.8 Å². The van der Waals surface area contributed by atoms with E-state index in [9.17, 15) is 19.2 Å². The fourth-order valence-corrected chi connectivity index (χ4v) is 3.43. The van der Waals surface area contributed by atoms with E-state index in [0.29, 0.717) is 22.5 Å². The van der Waals surface area contributed by atoms with E-state index in [1.165, 1.54) is 34.8 Å². The van der Waals surface area contributed by atoms with Gasteiger partial charge in [-0.1, -0.05) is 0 Å². The summed E-state index contributed by atoms with van der Waals surface area (Å²) in [6, 6.07) is 8.31. The minimum absolute atomic E-state index is 0.0584. The van der Waals surface area contributed by atoms with Crippen molar-refractivity contribution < 1.29 is 28.3 Å². The number of ether oxygens (including phenoxy) is 2. The molecule has 9 nitrogen and oxygen atoms in total. The number of nitrogens with zero attached hydrogens (tertiary/aromatic N) is 2. The van der Waals surface area contributed by atoms with E-state index in [1.54, 1.807) is 32.2 Å². The number of rotatable bonds is 4. The normalized spacial score (nSPS) is 14.2. The number of methoxy groups -OCH3 is 1. The Balaban J connectivity index is 1.72. The van der Waals surface area contributed by atoms with Gasteiger partial charge in [0.2, 0.25) is 0 Å². The van der Waals surface area contributed by atoms with Gasteiger partial charge in [-0.15, -0.1) is 0 Å². The summed E-state index contributed by atoms with van der Waals surface area (Å²) in [5.74, 6) is -1.35. The Kier molecular flexibility index (Phi) is 4.65. The van der Waals surface area contributed by atoms with Crippen LogP contribution in [-0.2, 0) is 9.53 Å². The molecule has 0 fully saturated rings. The monoisotopic (exact) mass is 410 g/mol. The molecule has 1 aliphatic heterocycles. The number of Topliss-reactive ketones (excluding diaryl/α,β-unsaturated/α-hetero) is 1. The lowest BCUT2D eigenvalue weighted by atomic mass is 10.0. The van der Waals surface area contributed by atoms with Gasteiger partial charge >= 0.3 is 11.7 Å². The molecule has 4 rings (SSSR count). The van der Waals surface area contributed by atoms with Crippen molar-refractivity contribution in [1.82, 2.24) is 4.57 Å². The van der Waals surface area contributed by atoms with Crippen LogP contribution in [0.3, 0.4) is 0 Å². The molecule has 1 aliphatic rings. The summed E-state index contributed by atoms with van der Waals surface area (Å²) in [6.07, 6.45) is 0. The number of fused-ring (bicyclic) bond motifs is 2. The summed E-state index contributed by atoms with van der Waals surface area (Å²) in [4.78, 5) is 50.6. The third-order valence-electron chi connectivity index (χ3n) is 5.13. The van der Waals surface area contributed by atoms with Crippen LogP contribution < -0.4 is 15.4 Å². The zero-order chi connectivity index (χ0) is 21.6. The largest absolute Gasteiger partial charge is 0.482 e. The van der Waals surface area contributed by atoms with Crippen LogP contribution >= 0.6 is 0 Å². The first-order valence-corrected chi connectivity index (χ1v) is 9.13. The van der Waals surface area contributed by atoms with Gasteiger partial charge < -0.3 is 18.8 Å². The quantitative estimate of drug-likeness (QED) is 0.479. The Hall–Kier alpha value is -3.88. The third-order valence-corrected chi connectivity index (χ3v) is 5.13. The number of ketones is 1. The predicted octanol–water partition coefficient (Wildman–Crippen LogP) is 2.18. The van der Waals surface area contributed by atoms with Gasteiger partial charge in [-0.2, -0.15) is 0 Å². The maximum Gasteiger partial charge on any atom is 0.420 e. The topological polar surface area (TPSA) is 108 Å². The van der Waals surface area contributed by atoms with Crippen LogP contribution in [0.4, 0.5) is 5.69 Å². The van der Waals surface area contributed by atoms with E-state index in [-0.39, 0.29) is 29.4 Å². The highest BCUT2D eigenvalue weighted by Crippen LogP contribution is 2.33. The number of carbonyl (C=O) groups excluding carboxylic acids is 3. The summed E-state index contributed by atoms with van der Waals surface area (Å²) < 4.78 is 16.5. The maximum absolute atomic E-state index is 13.1. The van der Waals surface area contributed by atoms with E-state index in [4.69, 9.17) is 9.15 Å². The second kappa shape index (κ2) is 7.18. The molecular weight excluding hydrogens is 392 g/mol. The number of oxazole rings is 1. The zero-order valence-electron chi connectivity index (χ0n) is 16.5. The number of anilines is 1. The number of esters is 1. The lowest BCUT2D eigenvalue weighted by molar-refractivity contribution is -0.121. The Bertz CT molecular complexity index is 1250. The summed E-state index contributed by atoms with van der Waals surface area (Å²) in [5.41, 5.74) is 1.58. The molecule has 0 saturated carbocycles. The Labute approximate surface area is 170 Å². The van der Waals surface area contributed by atoms with Crippen LogP contribution in [0.1, 0.15) is 33.7 Å². The average Bonchev–Trinajstić information content (AvgIpc) is 3.09. The molecule has 1 atom stereocenters. The molecule has 0 saturated heterocycles. The molecule has 1 aromatic heterocycles. The first-order valence-electron chi connectivity index (χ1n) is 9.13. The van der Waals surface area contributed by atoms with Gasteiger partial charge in [0, 0.05) is 12.6 Å². The number of carbonyl (C=O) groups is 3. The highest BCUT2D eigenvalue weighted by Gasteiger charge is 2.27. The molecule has 0 bridgehead atoms. The fourth-order valence-electron chi connectivity index (χ4n) is 3.43. The van der Waals surface area contributed by atoms with Crippen LogP contribution in [0, 0.1) is 0 Å². The molecule has 30 heavy (non-hydrogen) atoms. The number of hydrogen-bond donors (Lipinski definition) is 0. The van der Waals surface area contributed by atoms with Crippen molar-refractivity contribution in [2.75, 3.05) is 25.7 Å². The zero-order valence-corrected chi connectivity index (χ0v) is 16.5. The molecule has 2 aromatic carbocycles. The predicted molar refractivity (Wildman–Crippen MR) is 106 cm³/mol. The van der Waals surface area contributed by atoms with Crippen molar-refractivity contribution in [1.29, 1.82) is 0 Å². The highest BCUT2D eigenvalue weighted by atomic mass is 16.5. The van der Waals surface area contributed by atoms with Crippen molar-refractivity contribution in [2.45, 2.75) is 13.0 Å². The number of likely N-dealkylation sites (N-methyl/N-ethyl adjacent to an activating group) is 1. The van der Waals surface area contributed by atoms with Gasteiger partial charge in [0.25, 0.3) is 5.91 Å². The Morgan fingerprint density at radius 3 is 2.57 bits per heavy atom. The smallest absolute Gasteiger partial charge is 0.420 e. The number of aromatic nitrogens is 1. The first kappa shape index (κ1) is 19.4. The van der Waals surface area contributed by atoms with Crippen LogP contribution in [0.5, 0.6) is 5.75 Å². The first-order chi connectivity index (χ1) is 14.3. The van der Waals surface area contributed by atoms with Gasteiger partial charge in [-0.05, 0) is 43.3 Å². The van der Waals surface area contributed by atoms with Crippen molar-refractivity contribution >= 4 is 34.4 Å². The van der Waals surface area contributed by atoms with E-state index in [2.05, 4.69) is 4.74 Å². The highest BCUT2D eigenvalue weighted by molar-refractivity contribution is 6.03.